The van der Waals surface area contributed by atoms with Crippen LogP contribution in [-0.4, -0.2) is 65.7 Å². The molecule has 11 heteroatoms. The summed E-state index contributed by atoms with van der Waals surface area (Å²) in [5.41, 5.74) is 2.00. The molecule has 0 bridgehead atoms. The molecular weight excluding hydrogens is 529 g/mol. The van der Waals surface area contributed by atoms with Crippen LogP contribution in [0.5, 0.6) is 5.75 Å². The second-order valence-electron chi connectivity index (χ2n) is 9.63. The Labute approximate surface area is 228 Å². The molecule has 7 nitrogen and oxygen atoms in total. The summed E-state index contributed by atoms with van der Waals surface area (Å²) in [6.45, 7) is 6.40. The van der Waals surface area contributed by atoms with Crippen molar-refractivity contribution in [1.82, 2.24) is 19.4 Å². The second-order valence-corrected chi connectivity index (χ2v) is 10.7. The molecule has 1 saturated heterocycles. The van der Waals surface area contributed by atoms with E-state index in [1.165, 1.54) is 32.2 Å². The first-order valence-corrected chi connectivity index (χ1v) is 13.4. The van der Waals surface area contributed by atoms with Crippen LogP contribution in [0.1, 0.15) is 39.4 Å². The number of carbonyl (C=O) groups is 1. The van der Waals surface area contributed by atoms with Crippen molar-refractivity contribution in [3.8, 4) is 10.8 Å². The lowest BCUT2D eigenvalue weighted by molar-refractivity contribution is -0.139. The number of esters is 1. The van der Waals surface area contributed by atoms with E-state index in [1.54, 1.807) is 12.4 Å². The Hall–Kier alpha value is -3.41. The number of imidazole rings is 1. The fourth-order valence-corrected chi connectivity index (χ4v) is 5.75. The van der Waals surface area contributed by atoms with Crippen molar-refractivity contribution >= 4 is 28.3 Å². The molecule has 0 amide bonds. The number of thiophene rings is 1. The number of likely N-dealkylation sites (N-methyl/N-ethyl adjacent to an activating group) is 1. The molecule has 0 radical (unpaired) electrons. The van der Waals surface area contributed by atoms with Gasteiger partial charge >= 0.3 is 12.1 Å². The van der Waals surface area contributed by atoms with Gasteiger partial charge in [0.15, 0.2) is 4.88 Å². The Bertz CT molecular complexity index is 1470. The van der Waals surface area contributed by atoms with Crippen molar-refractivity contribution in [2.45, 2.75) is 25.7 Å². The van der Waals surface area contributed by atoms with E-state index in [-0.39, 0.29) is 16.2 Å². The Balaban J connectivity index is 1.46. The second kappa shape index (κ2) is 11.0. The SMILES string of the molecule is COC(=O)c1sc(-n2cnc3ccc(CN4CCN(C)CC4)cc32)cc1OC(C)c1ccccc1C(F)(F)F. The molecule has 1 aliphatic rings. The first kappa shape index (κ1) is 27.2. The van der Waals surface area contributed by atoms with Gasteiger partial charge in [-0.2, -0.15) is 13.2 Å². The van der Waals surface area contributed by atoms with Gasteiger partial charge in [0, 0.05) is 44.4 Å². The van der Waals surface area contributed by atoms with E-state index in [2.05, 4.69) is 34.0 Å². The van der Waals surface area contributed by atoms with Gasteiger partial charge in [-0.25, -0.2) is 9.78 Å². The van der Waals surface area contributed by atoms with Gasteiger partial charge in [-0.1, -0.05) is 24.3 Å². The zero-order valence-electron chi connectivity index (χ0n) is 21.9. The predicted octanol–water partition coefficient (Wildman–Crippen LogP) is 5.78. The highest BCUT2D eigenvalue weighted by molar-refractivity contribution is 7.16. The number of alkyl halides is 3. The van der Waals surface area contributed by atoms with Crippen LogP contribution in [0.15, 0.2) is 54.9 Å². The largest absolute Gasteiger partial charge is 0.484 e. The van der Waals surface area contributed by atoms with Crippen LogP contribution in [0, 0.1) is 0 Å². The van der Waals surface area contributed by atoms with E-state index in [4.69, 9.17) is 9.47 Å². The molecule has 1 aliphatic heterocycles. The quantitative estimate of drug-likeness (QED) is 0.268. The van der Waals surface area contributed by atoms with Gasteiger partial charge in [0.1, 0.15) is 23.2 Å². The number of methoxy groups -OCH3 is 1. The van der Waals surface area contributed by atoms with Crippen molar-refractivity contribution in [1.29, 1.82) is 0 Å². The molecule has 0 saturated carbocycles. The van der Waals surface area contributed by atoms with Crippen molar-refractivity contribution in [2.24, 2.45) is 0 Å². The highest BCUT2D eigenvalue weighted by Gasteiger charge is 2.35. The van der Waals surface area contributed by atoms with E-state index in [0.717, 1.165) is 66.7 Å². The molecular formula is C28H29F3N4O3S. The third kappa shape index (κ3) is 5.80. The smallest absolute Gasteiger partial charge is 0.416 e. The summed E-state index contributed by atoms with van der Waals surface area (Å²) in [4.78, 5) is 22.0. The van der Waals surface area contributed by atoms with Gasteiger partial charge in [0.2, 0.25) is 0 Å². The number of ether oxygens (including phenoxy) is 2. The Morgan fingerprint density at radius 1 is 1.10 bits per heavy atom. The number of piperazine rings is 1. The maximum Gasteiger partial charge on any atom is 0.416 e. The molecule has 0 spiro atoms. The maximum atomic E-state index is 13.6. The van der Waals surface area contributed by atoms with Crippen LogP contribution in [0.3, 0.4) is 0 Å². The average Bonchev–Trinajstić information content (AvgIpc) is 3.53. The molecule has 2 aromatic heterocycles. The monoisotopic (exact) mass is 558 g/mol. The highest BCUT2D eigenvalue weighted by atomic mass is 32.1. The summed E-state index contributed by atoms with van der Waals surface area (Å²) in [6, 6.07) is 13.0. The summed E-state index contributed by atoms with van der Waals surface area (Å²) >= 11 is 1.14. The van der Waals surface area contributed by atoms with Crippen molar-refractivity contribution in [3.63, 3.8) is 0 Å². The first-order chi connectivity index (χ1) is 18.6. The number of fused-ring (bicyclic) bond motifs is 1. The Morgan fingerprint density at radius 2 is 1.85 bits per heavy atom. The van der Waals surface area contributed by atoms with E-state index in [1.807, 2.05) is 10.6 Å². The molecule has 1 fully saturated rings. The van der Waals surface area contributed by atoms with E-state index in [0.29, 0.717) is 5.00 Å². The third-order valence-electron chi connectivity index (χ3n) is 6.91. The van der Waals surface area contributed by atoms with Crippen LogP contribution < -0.4 is 4.74 Å². The van der Waals surface area contributed by atoms with Gasteiger partial charge < -0.3 is 14.4 Å². The van der Waals surface area contributed by atoms with Gasteiger partial charge in [0.25, 0.3) is 0 Å². The minimum atomic E-state index is -4.53. The zero-order valence-corrected chi connectivity index (χ0v) is 22.7. The number of hydrogen-bond acceptors (Lipinski definition) is 7. The lowest BCUT2D eigenvalue weighted by atomic mass is 10.0. The Morgan fingerprint density at radius 3 is 2.56 bits per heavy atom. The first-order valence-electron chi connectivity index (χ1n) is 12.6. The lowest BCUT2D eigenvalue weighted by Crippen LogP contribution is -2.43. The summed E-state index contributed by atoms with van der Waals surface area (Å²) in [6.07, 6.45) is -3.83. The van der Waals surface area contributed by atoms with Crippen LogP contribution in [0.25, 0.3) is 16.0 Å². The van der Waals surface area contributed by atoms with E-state index < -0.39 is 23.8 Å². The maximum absolute atomic E-state index is 13.6. The van der Waals surface area contributed by atoms with Crippen LogP contribution in [-0.2, 0) is 17.5 Å². The topological polar surface area (TPSA) is 59.8 Å². The minimum absolute atomic E-state index is 0.0183. The highest BCUT2D eigenvalue weighted by Crippen LogP contribution is 2.39. The number of aromatic nitrogens is 2. The van der Waals surface area contributed by atoms with Crippen LogP contribution in [0.2, 0.25) is 0 Å². The molecule has 3 heterocycles. The number of nitrogens with zero attached hydrogens (tertiary/aromatic N) is 4. The number of carbonyl (C=O) groups excluding carboxylic acids is 1. The zero-order chi connectivity index (χ0) is 27.7. The van der Waals surface area contributed by atoms with Crippen LogP contribution >= 0.6 is 11.3 Å². The Kier molecular flexibility index (Phi) is 7.66. The number of hydrogen-bond donors (Lipinski definition) is 0. The molecule has 39 heavy (non-hydrogen) atoms. The molecule has 1 atom stereocenters. The summed E-state index contributed by atoms with van der Waals surface area (Å²) in [5, 5.41) is 0.640. The lowest BCUT2D eigenvalue weighted by Gasteiger charge is -2.32. The van der Waals surface area contributed by atoms with Gasteiger partial charge in [-0.15, -0.1) is 11.3 Å². The predicted molar refractivity (Wildman–Crippen MR) is 144 cm³/mol. The minimum Gasteiger partial charge on any atom is -0.484 e. The molecule has 0 aliphatic carbocycles. The normalized spacial score (nSPS) is 15.9. The van der Waals surface area contributed by atoms with Gasteiger partial charge in [0.05, 0.1) is 23.7 Å². The van der Waals surface area contributed by atoms with Gasteiger partial charge in [-0.3, -0.25) is 9.47 Å². The van der Waals surface area contributed by atoms with Crippen LogP contribution in [0.4, 0.5) is 13.2 Å². The molecule has 0 N–H and O–H groups in total. The standard InChI is InChI=1S/C28H29F3N4O3S/c1-18(20-6-4-5-7-21(20)28(29,30)31)38-24-15-25(39-26(24)27(36)37-3)35-17-32-22-9-8-19(14-23(22)35)16-34-12-10-33(2)11-13-34/h4-9,14-15,17-18H,10-13,16H2,1-3H3. The van der Waals surface area contributed by atoms with Crippen molar-refractivity contribution < 1.29 is 27.4 Å². The van der Waals surface area contributed by atoms with Crippen molar-refractivity contribution in [2.75, 3.05) is 40.3 Å². The number of halogens is 3. The van der Waals surface area contributed by atoms with E-state index >= 15 is 0 Å². The molecule has 4 aromatic rings. The number of rotatable bonds is 7. The molecule has 1 unspecified atom stereocenters. The fourth-order valence-electron chi connectivity index (χ4n) is 4.76. The summed E-state index contributed by atoms with van der Waals surface area (Å²) in [7, 11) is 3.38. The third-order valence-corrected chi connectivity index (χ3v) is 8.01. The number of benzene rings is 2. The fraction of sp³-hybridized carbons (Fsp3) is 0.357. The summed E-state index contributed by atoms with van der Waals surface area (Å²) in [5.74, 6) is -0.473. The molecule has 206 valence electrons. The van der Waals surface area contributed by atoms with E-state index in [9.17, 15) is 18.0 Å². The molecule has 5 rings (SSSR count). The van der Waals surface area contributed by atoms with Crippen molar-refractivity contribution in [3.05, 3.63) is 76.4 Å². The summed E-state index contributed by atoms with van der Waals surface area (Å²) < 4.78 is 53.6. The van der Waals surface area contributed by atoms with Gasteiger partial charge in [-0.05, 0) is 37.7 Å². The average molecular weight is 559 g/mol. The molecule has 2 aromatic carbocycles.